The van der Waals surface area contributed by atoms with Crippen molar-refractivity contribution in [2.24, 2.45) is 5.73 Å². The van der Waals surface area contributed by atoms with Gasteiger partial charge in [-0.05, 0) is 73.5 Å². The second-order valence-corrected chi connectivity index (χ2v) is 7.44. The van der Waals surface area contributed by atoms with Crippen LogP contribution in [0.4, 0.5) is 22.1 Å². The third kappa shape index (κ3) is 4.74. The first-order chi connectivity index (χ1) is 16.0. The van der Waals surface area contributed by atoms with Crippen LogP contribution in [-0.4, -0.2) is 28.0 Å². The second kappa shape index (κ2) is 9.35. The van der Waals surface area contributed by atoms with Crippen molar-refractivity contribution in [3.05, 3.63) is 84.2 Å². The highest BCUT2D eigenvalue weighted by atomic mass is 16.5. The Bertz CT molecular complexity index is 1310. The molecule has 2 aromatic heterocycles. The van der Waals surface area contributed by atoms with Crippen LogP contribution in [0.15, 0.2) is 73.1 Å². The summed E-state index contributed by atoms with van der Waals surface area (Å²) in [6.07, 6.45) is 3.34. The number of urea groups is 1. The Morgan fingerprint density at radius 2 is 1.79 bits per heavy atom. The van der Waals surface area contributed by atoms with Gasteiger partial charge < -0.3 is 15.8 Å². The smallest absolute Gasteiger partial charge is 0.323 e. The maximum Gasteiger partial charge on any atom is 0.323 e. The number of nitrogens with one attached hydrogen (secondary N) is 1. The molecule has 2 aromatic carbocycles. The fraction of sp³-hybridized carbons (Fsp3) is 0.120. The average molecular weight is 441 g/mol. The number of carbonyl (C=O) groups is 1. The molecule has 0 aliphatic rings. The summed E-state index contributed by atoms with van der Waals surface area (Å²) >= 11 is 0. The Balaban J connectivity index is 1.67. The molecule has 0 saturated carbocycles. The van der Waals surface area contributed by atoms with Gasteiger partial charge in [0.15, 0.2) is 0 Å². The number of hydrogen-bond donors (Lipinski definition) is 2. The van der Waals surface area contributed by atoms with Crippen LogP contribution in [0.5, 0.6) is 11.6 Å². The lowest BCUT2D eigenvalue weighted by atomic mass is 10.1. The molecule has 8 nitrogen and oxygen atoms in total. The van der Waals surface area contributed by atoms with E-state index in [1.54, 1.807) is 37.6 Å². The highest BCUT2D eigenvalue weighted by molar-refractivity contribution is 5.98. The fourth-order valence-corrected chi connectivity index (χ4v) is 3.46. The van der Waals surface area contributed by atoms with E-state index in [0.717, 1.165) is 16.7 Å². The number of carbonyl (C=O) groups excluding carboxylic acids is 1. The number of rotatable bonds is 6. The van der Waals surface area contributed by atoms with E-state index in [9.17, 15) is 4.79 Å². The third-order valence-electron chi connectivity index (χ3n) is 5.03. The van der Waals surface area contributed by atoms with Crippen molar-refractivity contribution in [1.29, 1.82) is 0 Å². The van der Waals surface area contributed by atoms with E-state index in [1.165, 1.54) is 4.90 Å². The minimum absolute atomic E-state index is 0.416. The highest BCUT2D eigenvalue weighted by Crippen LogP contribution is 2.35. The molecule has 0 fully saturated rings. The van der Waals surface area contributed by atoms with Gasteiger partial charge >= 0.3 is 6.03 Å². The number of amides is 2. The van der Waals surface area contributed by atoms with Crippen LogP contribution < -0.4 is 20.7 Å². The van der Waals surface area contributed by atoms with Crippen molar-refractivity contribution in [2.45, 2.75) is 13.8 Å². The summed E-state index contributed by atoms with van der Waals surface area (Å²) in [4.78, 5) is 26.8. The molecule has 4 rings (SSSR count). The van der Waals surface area contributed by atoms with Gasteiger partial charge in [-0.1, -0.05) is 12.1 Å². The van der Waals surface area contributed by atoms with E-state index >= 15 is 0 Å². The summed E-state index contributed by atoms with van der Waals surface area (Å²) in [5.41, 5.74) is 10.3. The molecule has 0 atom stereocenters. The predicted molar refractivity (Wildman–Crippen MR) is 129 cm³/mol. The Morgan fingerprint density at radius 1 is 0.970 bits per heavy atom. The van der Waals surface area contributed by atoms with Crippen LogP contribution in [0.3, 0.4) is 0 Å². The van der Waals surface area contributed by atoms with Gasteiger partial charge in [0, 0.05) is 19.4 Å². The maximum absolute atomic E-state index is 12.2. The largest absolute Gasteiger partial charge is 0.438 e. The van der Waals surface area contributed by atoms with Gasteiger partial charge in [0.25, 0.3) is 0 Å². The van der Waals surface area contributed by atoms with Gasteiger partial charge in [0.2, 0.25) is 11.8 Å². The van der Waals surface area contributed by atoms with Crippen LogP contribution in [0.25, 0.3) is 11.3 Å². The van der Waals surface area contributed by atoms with Crippen molar-refractivity contribution in [1.82, 2.24) is 15.0 Å². The predicted octanol–water partition coefficient (Wildman–Crippen LogP) is 5.21. The SMILES string of the molecule is CNc1nccc(-c2cccnc2Oc2ccc(N(C(N)=O)c3cccc(C)c3)cc2C)n1. The Morgan fingerprint density at radius 3 is 2.52 bits per heavy atom. The van der Waals surface area contributed by atoms with Crippen LogP contribution in [-0.2, 0) is 0 Å². The topological polar surface area (TPSA) is 106 Å². The normalized spacial score (nSPS) is 10.5. The van der Waals surface area contributed by atoms with E-state index in [0.29, 0.717) is 34.6 Å². The Hall–Kier alpha value is -4.46. The maximum atomic E-state index is 12.2. The van der Waals surface area contributed by atoms with Crippen molar-refractivity contribution < 1.29 is 9.53 Å². The van der Waals surface area contributed by atoms with Crippen LogP contribution in [0.1, 0.15) is 11.1 Å². The van der Waals surface area contributed by atoms with Crippen LogP contribution >= 0.6 is 0 Å². The summed E-state index contributed by atoms with van der Waals surface area (Å²) in [6, 6.07) is 18.0. The zero-order chi connectivity index (χ0) is 23.4. The number of nitrogens with zero attached hydrogens (tertiary/aromatic N) is 4. The number of benzene rings is 2. The quantitative estimate of drug-likeness (QED) is 0.426. The second-order valence-electron chi connectivity index (χ2n) is 7.44. The zero-order valence-corrected chi connectivity index (χ0v) is 18.6. The molecule has 166 valence electrons. The van der Waals surface area contributed by atoms with Crippen LogP contribution in [0, 0.1) is 13.8 Å². The molecule has 0 radical (unpaired) electrons. The lowest BCUT2D eigenvalue weighted by Gasteiger charge is -2.22. The van der Waals surface area contributed by atoms with Gasteiger partial charge in [-0.25, -0.2) is 19.7 Å². The first-order valence-corrected chi connectivity index (χ1v) is 10.4. The van der Waals surface area contributed by atoms with Crippen molar-refractivity contribution in [2.75, 3.05) is 17.3 Å². The van der Waals surface area contributed by atoms with Gasteiger partial charge in [-0.3, -0.25) is 4.90 Å². The van der Waals surface area contributed by atoms with Gasteiger partial charge in [0.1, 0.15) is 5.75 Å². The Kier molecular flexibility index (Phi) is 6.17. The zero-order valence-electron chi connectivity index (χ0n) is 18.6. The van der Waals surface area contributed by atoms with Crippen molar-refractivity contribution in [3.8, 4) is 22.9 Å². The lowest BCUT2D eigenvalue weighted by molar-refractivity contribution is 0.256. The summed E-state index contributed by atoms with van der Waals surface area (Å²) in [7, 11) is 1.76. The standard InChI is InChI=1S/C25H24N6O2/c1-16-6-4-7-18(14-16)31(24(26)32)19-9-10-22(17(2)15-19)33-23-20(8-5-12-28-23)21-11-13-29-25(27-3)30-21/h4-15H,1-3H3,(H2,26,32)(H,27,29,30). The first kappa shape index (κ1) is 21.8. The molecule has 0 aliphatic carbocycles. The summed E-state index contributed by atoms with van der Waals surface area (Å²) < 4.78 is 6.16. The molecule has 0 aliphatic heterocycles. The van der Waals surface area contributed by atoms with Crippen LogP contribution in [0.2, 0.25) is 0 Å². The average Bonchev–Trinajstić information content (AvgIpc) is 2.81. The van der Waals surface area contributed by atoms with Gasteiger partial charge in [0.05, 0.1) is 22.6 Å². The fourth-order valence-electron chi connectivity index (χ4n) is 3.46. The highest BCUT2D eigenvalue weighted by Gasteiger charge is 2.18. The minimum Gasteiger partial charge on any atom is -0.438 e. The summed E-state index contributed by atoms with van der Waals surface area (Å²) in [5.74, 6) is 1.53. The van der Waals surface area contributed by atoms with E-state index in [4.69, 9.17) is 10.5 Å². The number of nitrogens with two attached hydrogens (primary N) is 1. The molecule has 0 bridgehead atoms. The Labute approximate surface area is 192 Å². The first-order valence-electron chi connectivity index (χ1n) is 10.4. The van der Waals surface area contributed by atoms with E-state index in [-0.39, 0.29) is 0 Å². The number of anilines is 3. The molecule has 2 amide bonds. The molecule has 0 spiro atoms. The summed E-state index contributed by atoms with van der Waals surface area (Å²) in [5, 5.41) is 2.93. The number of hydrogen-bond acceptors (Lipinski definition) is 6. The molecule has 0 unspecified atom stereocenters. The van der Waals surface area contributed by atoms with Crippen molar-refractivity contribution in [3.63, 3.8) is 0 Å². The molecule has 3 N–H and O–H groups in total. The van der Waals surface area contributed by atoms with Crippen molar-refractivity contribution >= 4 is 23.4 Å². The van der Waals surface area contributed by atoms with E-state index in [1.807, 2.05) is 56.3 Å². The number of aryl methyl sites for hydroxylation is 2. The molecule has 2 heterocycles. The number of aromatic nitrogens is 3. The van der Waals surface area contributed by atoms with Gasteiger partial charge in [-0.2, -0.15) is 0 Å². The molecule has 33 heavy (non-hydrogen) atoms. The monoisotopic (exact) mass is 440 g/mol. The van der Waals surface area contributed by atoms with E-state index < -0.39 is 6.03 Å². The number of pyridine rings is 1. The minimum atomic E-state index is -0.565. The third-order valence-corrected chi connectivity index (χ3v) is 5.03. The lowest BCUT2D eigenvalue weighted by Crippen LogP contribution is -2.31. The summed E-state index contributed by atoms with van der Waals surface area (Å²) in [6.45, 7) is 3.87. The molecule has 4 aromatic rings. The number of ether oxygens (including phenoxy) is 1. The molecular weight excluding hydrogens is 416 g/mol. The molecule has 8 heteroatoms. The van der Waals surface area contributed by atoms with Gasteiger partial charge in [-0.15, -0.1) is 0 Å². The molecule has 0 saturated heterocycles. The number of primary amides is 1. The molecular formula is C25H24N6O2. The van der Waals surface area contributed by atoms with E-state index in [2.05, 4.69) is 20.3 Å².